The van der Waals surface area contributed by atoms with Gasteiger partial charge in [0.2, 0.25) is 0 Å². The van der Waals surface area contributed by atoms with Crippen molar-refractivity contribution in [3.63, 3.8) is 0 Å². The number of rotatable bonds is 16. The molecule has 0 saturated carbocycles. The molecule has 6 unspecified atom stereocenters. The van der Waals surface area contributed by atoms with Gasteiger partial charge in [-0.3, -0.25) is 5.32 Å². The van der Waals surface area contributed by atoms with Gasteiger partial charge in [-0.05, 0) is 49.1 Å². The molecular weight excluding hydrogens is 559 g/mol. The Balaban J connectivity index is 2.23. The molecule has 0 amide bonds. The number of alkyl halides is 3. The Bertz CT molecular complexity index is 1050. The molecular formula is C36H62F3N5. The lowest BCUT2D eigenvalue weighted by atomic mass is 9.81. The van der Waals surface area contributed by atoms with Gasteiger partial charge in [-0.1, -0.05) is 92.7 Å². The van der Waals surface area contributed by atoms with Crippen LogP contribution in [0.5, 0.6) is 0 Å². The predicted molar refractivity (Wildman–Crippen MR) is 180 cm³/mol. The molecule has 44 heavy (non-hydrogen) atoms. The first-order valence-corrected chi connectivity index (χ1v) is 16.6. The fourth-order valence-electron chi connectivity index (χ4n) is 6.28. The van der Waals surface area contributed by atoms with Gasteiger partial charge in [0.05, 0.1) is 11.7 Å². The summed E-state index contributed by atoms with van der Waals surface area (Å²) in [5.41, 5.74) is 4.62. The standard InChI is InChI=1S/C36H62F3N5/c1-13-25(4)14-15-30(20-29(24(2)3)18-19-36(37,38)39)33-17-16-32(43(33)12)26(5)21-42-31(22-40-10)34(41-11)44-23-27(6)35(8,9)28(44)7/h14-16,20,22,24-27,29,33-34,40-42H,7,13,17-19,21,23H2,1-6,8-12H3/b15-14-,30-20+,31-22+. The zero-order valence-electron chi connectivity index (χ0n) is 29.4. The highest BCUT2D eigenvalue weighted by molar-refractivity contribution is 5.32. The van der Waals surface area contributed by atoms with Crippen molar-refractivity contribution in [1.29, 1.82) is 0 Å². The summed E-state index contributed by atoms with van der Waals surface area (Å²) in [4.78, 5) is 4.71. The summed E-state index contributed by atoms with van der Waals surface area (Å²) >= 11 is 0. The molecule has 0 aromatic heterocycles. The highest BCUT2D eigenvalue weighted by Crippen LogP contribution is 2.44. The molecule has 252 valence electrons. The number of likely N-dealkylation sites (tertiary alicyclic amines) is 1. The summed E-state index contributed by atoms with van der Waals surface area (Å²) in [6.07, 6.45) is 7.92. The van der Waals surface area contributed by atoms with Crippen LogP contribution in [0.25, 0.3) is 0 Å². The van der Waals surface area contributed by atoms with E-state index in [9.17, 15) is 13.2 Å². The third-order valence-electron chi connectivity index (χ3n) is 10.2. The van der Waals surface area contributed by atoms with Crippen LogP contribution in [-0.4, -0.2) is 62.4 Å². The average Bonchev–Trinajstić information content (AvgIpc) is 3.42. The minimum atomic E-state index is -4.14. The van der Waals surface area contributed by atoms with Crippen LogP contribution in [0, 0.1) is 35.0 Å². The van der Waals surface area contributed by atoms with E-state index in [0.29, 0.717) is 11.8 Å². The third kappa shape index (κ3) is 9.82. The van der Waals surface area contributed by atoms with Crippen molar-refractivity contribution < 1.29 is 13.2 Å². The van der Waals surface area contributed by atoms with Gasteiger partial charge in [0.25, 0.3) is 0 Å². The lowest BCUT2D eigenvalue weighted by Gasteiger charge is -2.35. The van der Waals surface area contributed by atoms with Gasteiger partial charge in [-0.2, -0.15) is 13.2 Å². The van der Waals surface area contributed by atoms with E-state index < -0.39 is 12.6 Å². The summed E-state index contributed by atoms with van der Waals surface area (Å²) in [6, 6.07) is 0.105. The quantitative estimate of drug-likeness (QED) is 0.152. The molecule has 0 aliphatic carbocycles. The number of allylic oxidation sites excluding steroid dienone is 3. The molecule has 5 nitrogen and oxygen atoms in total. The van der Waals surface area contributed by atoms with E-state index in [1.807, 2.05) is 34.1 Å². The molecule has 3 N–H and O–H groups in total. The topological polar surface area (TPSA) is 42.6 Å². The Kier molecular flexibility index (Phi) is 14.0. The number of likely N-dealkylation sites (N-methyl/N-ethyl adjacent to an activating group) is 2. The zero-order chi connectivity index (χ0) is 33.4. The monoisotopic (exact) mass is 621 g/mol. The first-order chi connectivity index (χ1) is 20.5. The molecule has 2 aliphatic heterocycles. The summed E-state index contributed by atoms with van der Waals surface area (Å²) < 4.78 is 39.5. The Morgan fingerprint density at radius 1 is 1.18 bits per heavy atom. The van der Waals surface area contributed by atoms with Crippen LogP contribution in [0.2, 0.25) is 0 Å². The van der Waals surface area contributed by atoms with Gasteiger partial charge in [-0.25, -0.2) is 0 Å². The number of nitrogens with one attached hydrogen (secondary N) is 3. The fraction of sp³-hybridized carbons (Fsp3) is 0.722. The summed E-state index contributed by atoms with van der Waals surface area (Å²) in [5, 5.41) is 10.4. The second kappa shape index (κ2) is 16.3. The SMILES string of the molecule is C=C1N(C(NC)/C(=C\NC)NCC(C)C2=CCC(C(/C=C\C(C)CC)=C/C(CCC(F)(F)F)C(C)C)N2C)CC(C)C1(C)C. The minimum absolute atomic E-state index is 0.0284. The Morgan fingerprint density at radius 2 is 1.84 bits per heavy atom. The number of hydrogen-bond donors (Lipinski definition) is 3. The van der Waals surface area contributed by atoms with E-state index in [1.165, 1.54) is 5.70 Å². The maximum Gasteiger partial charge on any atom is 0.389 e. The number of hydrogen-bond acceptors (Lipinski definition) is 5. The molecule has 0 aromatic rings. The Labute approximate surface area is 267 Å². The highest BCUT2D eigenvalue weighted by Gasteiger charge is 2.43. The van der Waals surface area contributed by atoms with Gasteiger partial charge in [-0.15, -0.1) is 0 Å². The predicted octanol–water partition coefficient (Wildman–Crippen LogP) is 8.04. The van der Waals surface area contributed by atoms with Crippen LogP contribution < -0.4 is 16.0 Å². The lowest BCUT2D eigenvalue weighted by molar-refractivity contribution is -0.137. The van der Waals surface area contributed by atoms with Crippen LogP contribution >= 0.6 is 0 Å². The molecule has 2 rings (SSSR count). The molecule has 1 saturated heterocycles. The van der Waals surface area contributed by atoms with E-state index in [0.717, 1.165) is 42.9 Å². The second-order valence-electron chi connectivity index (χ2n) is 14.0. The van der Waals surface area contributed by atoms with Gasteiger partial charge < -0.3 is 20.4 Å². The van der Waals surface area contributed by atoms with Crippen molar-refractivity contribution in [2.45, 2.75) is 99.5 Å². The van der Waals surface area contributed by atoms with Crippen LogP contribution in [0.3, 0.4) is 0 Å². The fourth-order valence-corrected chi connectivity index (χ4v) is 6.28. The van der Waals surface area contributed by atoms with Crippen LogP contribution in [0.4, 0.5) is 13.2 Å². The van der Waals surface area contributed by atoms with Crippen molar-refractivity contribution in [2.24, 2.45) is 35.0 Å². The van der Waals surface area contributed by atoms with Crippen LogP contribution in [0.1, 0.15) is 81.1 Å². The summed E-state index contributed by atoms with van der Waals surface area (Å²) in [7, 11) is 6.03. The van der Waals surface area contributed by atoms with E-state index in [4.69, 9.17) is 0 Å². The van der Waals surface area contributed by atoms with Gasteiger partial charge in [0, 0.05) is 62.5 Å². The van der Waals surface area contributed by atoms with Crippen molar-refractivity contribution in [3.8, 4) is 0 Å². The average molecular weight is 622 g/mol. The van der Waals surface area contributed by atoms with Gasteiger partial charge in [0.1, 0.15) is 6.17 Å². The van der Waals surface area contributed by atoms with Gasteiger partial charge in [0.15, 0.2) is 0 Å². The zero-order valence-corrected chi connectivity index (χ0v) is 29.4. The smallest absolute Gasteiger partial charge is 0.389 e. The normalized spacial score (nSPS) is 24.2. The first-order valence-electron chi connectivity index (χ1n) is 16.6. The lowest BCUT2D eigenvalue weighted by Crippen LogP contribution is -2.48. The van der Waals surface area contributed by atoms with Crippen molar-refractivity contribution >= 4 is 0 Å². The molecule has 0 spiro atoms. The van der Waals surface area contributed by atoms with Gasteiger partial charge >= 0.3 is 6.18 Å². The maximum atomic E-state index is 13.2. The minimum Gasteiger partial charge on any atom is -0.392 e. The summed E-state index contributed by atoms with van der Waals surface area (Å²) in [6.45, 7) is 23.6. The van der Waals surface area contributed by atoms with E-state index >= 15 is 0 Å². The second-order valence-corrected chi connectivity index (χ2v) is 14.0. The van der Waals surface area contributed by atoms with Crippen molar-refractivity contribution in [2.75, 3.05) is 34.2 Å². The van der Waals surface area contributed by atoms with E-state index in [1.54, 1.807) is 0 Å². The Hall–Kier alpha value is -2.35. The molecule has 2 aliphatic rings. The first kappa shape index (κ1) is 37.8. The highest BCUT2D eigenvalue weighted by atomic mass is 19.4. The van der Waals surface area contributed by atoms with Crippen molar-refractivity contribution in [3.05, 3.63) is 59.7 Å². The molecule has 0 radical (unpaired) electrons. The van der Waals surface area contributed by atoms with E-state index in [2.05, 4.69) is 105 Å². The molecule has 0 aromatic carbocycles. The van der Waals surface area contributed by atoms with Crippen LogP contribution in [0.15, 0.2) is 59.7 Å². The third-order valence-corrected chi connectivity index (χ3v) is 10.2. The largest absolute Gasteiger partial charge is 0.392 e. The van der Waals surface area contributed by atoms with E-state index in [-0.39, 0.29) is 41.8 Å². The molecule has 2 heterocycles. The maximum absolute atomic E-state index is 13.2. The molecule has 1 fully saturated rings. The summed E-state index contributed by atoms with van der Waals surface area (Å²) in [5.74, 6) is 1.13. The van der Waals surface area contributed by atoms with Crippen LogP contribution in [-0.2, 0) is 0 Å². The Morgan fingerprint density at radius 3 is 2.34 bits per heavy atom. The molecule has 0 bridgehead atoms. The molecule has 6 atom stereocenters. The number of halogens is 3. The number of nitrogens with zero attached hydrogens (tertiary/aromatic N) is 2. The van der Waals surface area contributed by atoms with Crippen molar-refractivity contribution in [1.82, 2.24) is 25.8 Å². The molecule has 8 heteroatoms.